The SMILES string of the molecule is CCOC(=O)c1c(NC(=O)c2cc(=O)c3cc(C)cc(C)c3o2)sc2c1CCCC2. The van der Waals surface area contributed by atoms with Gasteiger partial charge in [-0.15, -0.1) is 11.3 Å². The maximum Gasteiger partial charge on any atom is 0.341 e. The first-order chi connectivity index (χ1) is 14.4. The van der Waals surface area contributed by atoms with E-state index in [-0.39, 0.29) is 17.8 Å². The van der Waals surface area contributed by atoms with Gasteiger partial charge in [-0.25, -0.2) is 4.79 Å². The molecular formula is C23H23NO5S. The van der Waals surface area contributed by atoms with Gasteiger partial charge in [0.15, 0.2) is 11.2 Å². The van der Waals surface area contributed by atoms with E-state index in [1.807, 2.05) is 19.9 Å². The summed E-state index contributed by atoms with van der Waals surface area (Å²) >= 11 is 1.40. The number of amides is 1. The number of carbonyl (C=O) groups is 2. The summed E-state index contributed by atoms with van der Waals surface area (Å²) in [7, 11) is 0. The summed E-state index contributed by atoms with van der Waals surface area (Å²) in [6, 6.07) is 4.86. The zero-order chi connectivity index (χ0) is 21.4. The third kappa shape index (κ3) is 3.65. The molecule has 156 valence electrons. The predicted octanol–water partition coefficient (Wildman–Crippen LogP) is 4.78. The number of anilines is 1. The second kappa shape index (κ2) is 8.07. The fourth-order valence-corrected chi connectivity index (χ4v) is 5.23. The largest absolute Gasteiger partial charge is 0.462 e. The Hall–Kier alpha value is -2.93. The fourth-order valence-electron chi connectivity index (χ4n) is 3.96. The number of hydrogen-bond acceptors (Lipinski definition) is 6. The molecule has 1 amide bonds. The van der Waals surface area contributed by atoms with Crippen molar-refractivity contribution in [2.24, 2.45) is 0 Å². The number of fused-ring (bicyclic) bond motifs is 2. The molecule has 0 spiro atoms. The van der Waals surface area contributed by atoms with Crippen LogP contribution in [0.2, 0.25) is 0 Å². The lowest BCUT2D eigenvalue weighted by Gasteiger charge is -2.12. The highest BCUT2D eigenvalue weighted by molar-refractivity contribution is 7.17. The molecule has 0 unspecified atom stereocenters. The summed E-state index contributed by atoms with van der Waals surface area (Å²) in [6.07, 6.45) is 3.73. The molecule has 1 aromatic carbocycles. The van der Waals surface area contributed by atoms with Crippen molar-refractivity contribution in [2.45, 2.75) is 46.5 Å². The van der Waals surface area contributed by atoms with E-state index in [0.29, 0.717) is 21.5 Å². The maximum atomic E-state index is 12.9. The number of ether oxygens (including phenoxy) is 1. The van der Waals surface area contributed by atoms with Crippen LogP contribution >= 0.6 is 11.3 Å². The van der Waals surface area contributed by atoms with Gasteiger partial charge < -0.3 is 14.5 Å². The van der Waals surface area contributed by atoms with E-state index in [4.69, 9.17) is 9.15 Å². The Kier molecular flexibility index (Phi) is 5.47. The first-order valence-corrected chi connectivity index (χ1v) is 10.9. The average Bonchev–Trinajstić information content (AvgIpc) is 3.06. The van der Waals surface area contributed by atoms with Crippen molar-refractivity contribution in [3.63, 3.8) is 0 Å². The summed E-state index contributed by atoms with van der Waals surface area (Å²) in [6.45, 7) is 5.76. The van der Waals surface area contributed by atoms with Crippen molar-refractivity contribution in [3.05, 3.63) is 61.3 Å². The van der Waals surface area contributed by atoms with Crippen molar-refractivity contribution in [2.75, 3.05) is 11.9 Å². The molecular weight excluding hydrogens is 402 g/mol. The Morgan fingerprint density at radius 2 is 1.93 bits per heavy atom. The van der Waals surface area contributed by atoms with Crippen LogP contribution in [0.5, 0.6) is 0 Å². The third-order valence-electron chi connectivity index (χ3n) is 5.26. The Morgan fingerprint density at radius 3 is 2.70 bits per heavy atom. The summed E-state index contributed by atoms with van der Waals surface area (Å²) in [5.41, 5.74) is 3.26. The molecule has 1 aliphatic carbocycles. The molecule has 0 atom stereocenters. The van der Waals surface area contributed by atoms with E-state index in [1.165, 1.54) is 17.4 Å². The van der Waals surface area contributed by atoms with Gasteiger partial charge in [-0.1, -0.05) is 6.07 Å². The van der Waals surface area contributed by atoms with Crippen molar-refractivity contribution < 1.29 is 18.7 Å². The molecule has 0 radical (unpaired) electrons. The molecule has 1 N–H and O–H groups in total. The highest BCUT2D eigenvalue weighted by Gasteiger charge is 2.28. The molecule has 2 heterocycles. The van der Waals surface area contributed by atoms with Gasteiger partial charge in [0, 0.05) is 10.9 Å². The minimum absolute atomic E-state index is 0.0827. The fraction of sp³-hybridized carbons (Fsp3) is 0.348. The number of nitrogens with one attached hydrogen (secondary N) is 1. The van der Waals surface area contributed by atoms with Gasteiger partial charge in [-0.3, -0.25) is 9.59 Å². The third-order valence-corrected chi connectivity index (χ3v) is 6.47. The number of rotatable bonds is 4. The Morgan fingerprint density at radius 1 is 1.17 bits per heavy atom. The molecule has 30 heavy (non-hydrogen) atoms. The summed E-state index contributed by atoms with van der Waals surface area (Å²) in [5.74, 6) is -1.07. The predicted molar refractivity (Wildman–Crippen MR) is 117 cm³/mol. The number of carbonyl (C=O) groups excluding carboxylic acids is 2. The van der Waals surface area contributed by atoms with Crippen molar-refractivity contribution in [1.82, 2.24) is 0 Å². The van der Waals surface area contributed by atoms with Crippen molar-refractivity contribution in [1.29, 1.82) is 0 Å². The van der Waals surface area contributed by atoms with Gasteiger partial charge in [0.25, 0.3) is 5.91 Å². The van der Waals surface area contributed by atoms with Crippen molar-refractivity contribution >= 4 is 39.2 Å². The van der Waals surface area contributed by atoms with Gasteiger partial charge in [0.05, 0.1) is 17.6 Å². The Bertz CT molecular complexity index is 1220. The Balaban J connectivity index is 1.73. The lowest BCUT2D eigenvalue weighted by Crippen LogP contribution is -2.17. The second-order valence-corrected chi connectivity index (χ2v) is 8.63. The lowest BCUT2D eigenvalue weighted by molar-refractivity contribution is 0.0526. The molecule has 0 saturated carbocycles. The smallest absolute Gasteiger partial charge is 0.341 e. The molecule has 0 aliphatic heterocycles. The summed E-state index contributed by atoms with van der Waals surface area (Å²) in [4.78, 5) is 39.2. The monoisotopic (exact) mass is 425 g/mol. The molecule has 4 rings (SSSR count). The van der Waals surface area contributed by atoms with Crippen LogP contribution in [0.1, 0.15) is 62.2 Å². The number of aryl methyl sites for hydroxylation is 3. The van der Waals surface area contributed by atoms with E-state index in [9.17, 15) is 14.4 Å². The zero-order valence-electron chi connectivity index (χ0n) is 17.2. The standard InChI is InChI=1S/C23H23NO5S/c1-4-28-23(27)19-14-7-5-6-8-18(14)30-22(19)24-21(26)17-11-16(25)15-10-12(2)9-13(3)20(15)29-17/h9-11H,4-8H2,1-3H3,(H,24,26). The van der Waals surface area contributed by atoms with Gasteiger partial charge >= 0.3 is 5.97 Å². The van der Waals surface area contributed by atoms with Crippen LogP contribution in [0.15, 0.2) is 27.4 Å². The average molecular weight is 426 g/mol. The quantitative estimate of drug-likeness (QED) is 0.608. The van der Waals surface area contributed by atoms with Crippen LogP contribution in [0.25, 0.3) is 11.0 Å². The van der Waals surface area contributed by atoms with Crippen LogP contribution in [0.4, 0.5) is 5.00 Å². The van der Waals surface area contributed by atoms with Crippen LogP contribution < -0.4 is 10.7 Å². The second-order valence-electron chi connectivity index (χ2n) is 7.52. The van der Waals surface area contributed by atoms with Gasteiger partial charge in [-0.2, -0.15) is 0 Å². The number of thiophene rings is 1. The van der Waals surface area contributed by atoms with Gasteiger partial charge in [0.2, 0.25) is 0 Å². The first-order valence-electron chi connectivity index (χ1n) is 10.1. The molecule has 0 fully saturated rings. The zero-order valence-corrected chi connectivity index (χ0v) is 18.0. The summed E-state index contributed by atoms with van der Waals surface area (Å²) < 4.78 is 11.0. The van der Waals surface area contributed by atoms with Crippen molar-refractivity contribution in [3.8, 4) is 0 Å². The van der Waals surface area contributed by atoms with E-state index in [1.54, 1.807) is 13.0 Å². The Labute approximate surface area is 177 Å². The van der Waals surface area contributed by atoms with Crippen LogP contribution in [-0.4, -0.2) is 18.5 Å². The number of benzene rings is 1. The molecule has 2 aromatic heterocycles. The molecule has 1 aliphatic rings. The van der Waals surface area contributed by atoms with Crippen LogP contribution in [0, 0.1) is 13.8 Å². The lowest BCUT2D eigenvalue weighted by atomic mass is 9.95. The minimum atomic E-state index is -0.557. The van der Waals surface area contributed by atoms with Gasteiger partial charge in [0.1, 0.15) is 10.6 Å². The normalized spacial score (nSPS) is 13.2. The van der Waals surface area contributed by atoms with E-state index in [2.05, 4.69) is 5.32 Å². The van der Waals surface area contributed by atoms with E-state index < -0.39 is 11.9 Å². The highest BCUT2D eigenvalue weighted by Crippen LogP contribution is 2.38. The molecule has 0 bridgehead atoms. The molecule has 6 nitrogen and oxygen atoms in total. The molecule has 0 saturated heterocycles. The number of hydrogen-bond donors (Lipinski definition) is 1. The topological polar surface area (TPSA) is 85.6 Å². The van der Waals surface area contributed by atoms with Gasteiger partial charge in [-0.05, 0) is 69.2 Å². The van der Waals surface area contributed by atoms with Crippen LogP contribution in [0.3, 0.4) is 0 Å². The van der Waals surface area contributed by atoms with E-state index in [0.717, 1.165) is 47.3 Å². The van der Waals surface area contributed by atoms with Crippen LogP contribution in [-0.2, 0) is 17.6 Å². The highest BCUT2D eigenvalue weighted by atomic mass is 32.1. The molecule has 3 aromatic rings. The number of esters is 1. The maximum absolute atomic E-state index is 12.9. The minimum Gasteiger partial charge on any atom is -0.462 e. The van der Waals surface area contributed by atoms with E-state index >= 15 is 0 Å². The summed E-state index contributed by atoms with van der Waals surface area (Å²) in [5, 5.41) is 3.69. The molecule has 7 heteroatoms. The first kappa shape index (κ1) is 20.3.